The molecule has 1 N–H and O–H groups in total. The van der Waals surface area contributed by atoms with E-state index < -0.39 is 0 Å². The zero-order chi connectivity index (χ0) is 13.9. The van der Waals surface area contributed by atoms with Crippen LogP contribution in [-0.2, 0) is 6.54 Å². The molecule has 0 aliphatic carbocycles. The molecular formula is C15H11ClN2OS. The maximum atomic E-state index is 12.1. The topological polar surface area (TPSA) is 42.0 Å². The lowest BCUT2D eigenvalue weighted by atomic mass is 10.2. The van der Waals surface area contributed by atoms with Crippen molar-refractivity contribution >= 4 is 39.7 Å². The maximum Gasteiger partial charge on any atom is 0.270 e. The van der Waals surface area contributed by atoms with E-state index in [1.165, 1.54) is 0 Å². The first-order chi connectivity index (χ1) is 9.74. The molecule has 1 aromatic carbocycles. The minimum Gasteiger partial charge on any atom is -0.347 e. The molecule has 2 heterocycles. The van der Waals surface area contributed by atoms with Crippen LogP contribution in [0.5, 0.6) is 0 Å². The van der Waals surface area contributed by atoms with Gasteiger partial charge < -0.3 is 5.32 Å². The minimum absolute atomic E-state index is 0.219. The fourth-order valence-electron chi connectivity index (χ4n) is 1.92. The van der Waals surface area contributed by atoms with Crippen LogP contribution in [0, 0.1) is 0 Å². The summed E-state index contributed by atoms with van der Waals surface area (Å²) in [5.74, 6) is -0.219. The molecule has 1 amide bonds. The molecule has 0 spiro atoms. The van der Waals surface area contributed by atoms with E-state index in [1.807, 2.05) is 41.1 Å². The monoisotopic (exact) mass is 302 g/mol. The van der Waals surface area contributed by atoms with E-state index in [0.717, 1.165) is 16.5 Å². The van der Waals surface area contributed by atoms with Gasteiger partial charge in [-0.2, -0.15) is 11.3 Å². The summed E-state index contributed by atoms with van der Waals surface area (Å²) in [6, 6.07) is 11.1. The van der Waals surface area contributed by atoms with Gasteiger partial charge in [-0.05, 0) is 34.5 Å². The second kappa shape index (κ2) is 5.61. The predicted molar refractivity (Wildman–Crippen MR) is 82.2 cm³/mol. The van der Waals surface area contributed by atoms with Crippen LogP contribution in [-0.4, -0.2) is 10.9 Å². The summed E-state index contributed by atoms with van der Waals surface area (Å²) in [5.41, 5.74) is 2.14. The van der Waals surface area contributed by atoms with Crippen molar-refractivity contribution in [2.24, 2.45) is 0 Å². The van der Waals surface area contributed by atoms with Gasteiger partial charge in [0.05, 0.1) is 10.5 Å². The largest absolute Gasteiger partial charge is 0.347 e. The van der Waals surface area contributed by atoms with E-state index in [-0.39, 0.29) is 5.91 Å². The quantitative estimate of drug-likeness (QED) is 0.798. The number of benzene rings is 1. The highest BCUT2D eigenvalue weighted by Crippen LogP contribution is 2.22. The molecule has 3 rings (SSSR count). The van der Waals surface area contributed by atoms with Gasteiger partial charge in [0.1, 0.15) is 5.69 Å². The Bertz CT molecular complexity index is 756. The van der Waals surface area contributed by atoms with E-state index >= 15 is 0 Å². The number of halogens is 1. The van der Waals surface area contributed by atoms with Crippen molar-refractivity contribution < 1.29 is 4.79 Å². The van der Waals surface area contributed by atoms with Gasteiger partial charge in [0.25, 0.3) is 5.91 Å². The molecule has 0 bridgehead atoms. The van der Waals surface area contributed by atoms with Crippen LogP contribution in [0.3, 0.4) is 0 Å². The lowest BCUT2D eigenvalue weighted by molar-refractivity contribution is 0.0946. The number of carbonyl (C=O) groups excluding carboxylic acids is 1. The molecule has 0 saturated heterocycles. The second-order valence-electron chi connectivity index (χ2n) is 4.32. The van der Waals surface area contributed by atoms with Crippen LogP contribution in [0.25, 0.3) is 10.9 Å². The van der Waals surface area contributed by atoms with E-state index in [2.05, 4.69) is 10.3 Å². The predicted octanol–water partition coefficient (Wildman–Crippen LogP) is 3.88. The molecule has 100 valence electrons. The Balaban J connectivity index is 1.84. The molecular weight excluding hydrogens is 292 g/mol. The zero-order valence-electron chi connectivity index (χ0n) is 10.5. The molecule has 3 aromatic rings. The summed E-state index contributed by atoms with van der Waals surface area (Å²) < 4.78 is 0. The van der Waals surface area contributed by atoms with Gasteiger partial charge >= 0.3 is 0 Å². The van der Waals surface area contributed by atoms with Crippen LogP contribution in [0.1, 0.15) is 16.1 Å². The SMILES string of the molecule is O=C(NCc1ccsc1)c1cc(Cl)c2ccccc2n1. The average molecular weight is 303 g/mol. The summed E-state index contributed by atoms with van der Waals surface area (Å²) in [6.07, 6.45) is 0. The Hall–Kier alpha value is -1.91. The Labute approximate surface area is 125 Å². The van der Waals surface area contributed by atoms with Crippen LogP contribution < -0.4 is 5.32 Å². The number of amides is 1. The highest BCUT2D eigenvalue weighted by atomic mass is 35.5. The van der Waals surface area contributed by atoms with Gasteiger partial charge in [0.2, 0.25) is 0 Å². The van der Waals surface area contributed by atoms with Gasteiger partial charge in [-0.15, -0.1) is 0 Å². The Morgan fingerprint density at radius 1 is 1.30 bits per heavy atom. The number of rotatable bonds is 3. The third kappa shape index (κ3) is 2.66. The molecule has 0 unspecified atom stereocenters. The summed E-state index contributed by atoms with van der Waals surface area (Å²) in [5, 5.41) is 8.21. The Kier molecular flexibility index (Phi) is 3.67. The van der Waals surface area contributed by atoms with Crippen molar-refractivity contribution in [1.29, 1.82) is 0 Å². The standard InChI is InChI=1S/C15H11ClN2OS/c16-12-7-14(18-13-4-2-1-3-11(12)13)15(19)17-8-10-5-6-20-9-10/h1-7,9H,8H2,(H,17,19). The number of aromatic nitrogens is 1. The number of para-hydroxylation sites is 1. The van der Waals surface area contributed by atoms with Gasteiger partial charge in [-0.3, -0.25) is 4.79 Å². The fraction of sp³-hybridized carbons (Fsp3) is 0.0667. The highest BCUT2D eigenvalue weighted by molar-refractivity contribution is 7.07. The van der Waals surface area contributed by atoms with Crippen molar-refractivity contribution in [3.63, 3.8) is 0 Å². The third-order valence-corrected chi connectivity index (χ3v) is 3.98. The van der Waals surface area contributed by atoms with Crippen LogP contribution in [0.2, 0.25) is 5.02 Å². The first-order valence-electron chi connectivity index (χ1n) is 6.08. The van der Waals surface area contributed by atoms with Crippen LogP contribution >= 0.6 is 22.9 Å². The third-order valence-electron chi connectivity index (χ3n) is 2.93. The van der Waals surface area contributed by atoms with Gasteiger partial charge in [0, 0.05) is 11.9 Å². The maximum absolute atomic E-state index is 12.1. The van der Waals surface area contributed by atoms with E-state index in [1.54, 1.807) is 17.4 Å². The molecule has 0 radical (unpaired) electrons. The molecule has 3 nitrogen and oxygen atoms in total. The van der Waals surface area contributed by atoms with Crippen molar-refractivity contribution in [3.05, 3.63) is 63.4 Å². The summed E-state index contributed by atoms with van der Waals surface area (Å²) in [7, 11) is 0. The van der Waals surface area contributed by atoms with Gasteiger partial charge in [-0.25, -0.2) is 4.98 Å². The van der Waals surface area contributed by atoms with Crippen molar-refractivity contribution in [1.82, 2.24) is 10.3 Å². The molecule has 0 aliphatic heterocycles. The van der Waals surface area contributed by atoms with E-state index in [9.17, 15) is 4.79 Å². The number of pyridine rings is 1. The molecule has 0 atom stereocenters. The van der Waals surface area contributed by atoms with Gasteiger partial charge in [0.15, 0.2) is 0 Å². The molecule has 0 saturated carbocycles. The number of thiophene rings is 1. The molecule has 5 heteroatoms. The molecule has 20 heavy (non-hydrogen) atoms. The van der Waals surface area contributed by atoms with E-state index in [4.69, 9.17) is 11.6 Å². The number of nitrogens with zero attached hydrogens (tertiary/aromatic N) is 1. The fourth-order valence-corrected chi connectivity index (χ4v) is 2.85. The van der Waals surface area contributed by atoms with E-state index in [0.29, 0.717) is 17.3 Å². The van der Waals surface area contributed by atoms with Crippen LogP contribution in [0.15, 0.2) is 47.2 Å². The van der Waals surface area contributed by atoms with Gasteiger partial charge in [-0.1, -0.05) is 29.8 Å². The number of hydrogen-bond acceptors (Lipinski definition) is 3. The Morgan fingerprint density at radius 3 is 2.95 bits per heavy atom. The number of fused-ring (bicyclic) bond motifs is 1. The summed E-state index contributed by atoms with van der Waals surface area (Å²) in [4.78, 5) is 16.4. The lowest BCUT2D eigenvalue weighted by Gasteiger charge is -2.06. The number of nitrogens with one attached hydrogen (secondary N) is 1. The van der Waals surface area contributed by atoms with Crippen molar-refractivity contribution in [3.8, 4) is 0 Å². The van der Waals surface area contributed by atoms with Crippen molar-refractivity contribution in [2.75, 3.05) is 0 Å². The first kappa shape index (κ1) is 13.1. The normalized spacial score (nSPS) is 10.7. The second-order valence-corrected chi connectivity index (χ2v) is 5.51. The molecule has 0 aliphatic rings. The first-order valence-corrected chi connectivity index (χ1v) is 7.40. The highest BCUT2D eigenvalue weighted by Gasteiger charge is 2.10. The van der Waals surface area contributed by atoms with Crippen LogP contribution in [0.4, 0.5) is 0 Å². The number of carbonyl (C=O) groups is 1. The average Bonchev–Trinajstić information content (AvgIpc) is 2.98. The lowest BCUT2D eigenvalue weighted by Crippen LogP contribution is -2.23. The molecule has 0 fully saturated rings. The smallest absolute Gasteiger partial charge is 0.270 e. The Morgan fingerprint density at radius 2 is 2.15 bits per heavy atom. The van der Waals surface area contributed by atoms with Crippen molar-refractivity contribution in [2.45, 2.75) is 6.54 Å². The minimum atomic E-state index is -0.219. The number of hydrogen-bond donors (Lipinski definition) is 1. The zero-order valence-corrected chi connectivity index (χ0v) is 12.0. The summed E-state index contributed by atoms with van der Waals surface area (Å²) in [6.45, 7) is 0.495. The molecule has 2 aromatic heterocycles. The summed E-state index contributed by atoms with van der Waals surface area (Å²) >= 11 is 7.79.